The van der Waals surface area contributed by atoms with Gasteiger partial charge in [0.2, 0.25) is 11.8 Å². The maximum absolute atomic E-state index is 12.2. The van der Waals surface area contributed by atoms with E-state index in [2.05, 4.69) is 10.1 Å². The fourth-order valence-corrected chi connectivity index (χ4v) is 3.59. The SMILES string of the molecule is O=C1CC[C@]2(CCOC2)CN1Cc1noc(Cc2ccccc2)n1. The van der Waals surface area contributed by atoms with E-state index in [0.29, 0.717) is 31.1 Å². The van der Waals surface area contributed by atoms with E-state index < -0.39 is 0 Å². The highest BCUT2D eigenvalue weighted by Gasteiger charge is 2.41. The Morgan fingerprint density at radius 1 is 1.21 bits per heavy atom. The Hall–Kier alpha value is -2.21. The predicted molar refractivity (Wildman–Crippen MR) is 86.1 cm³/mol. The van der Waals surface area contributed by atoms with Crippen LogP contribution in [0.5, 0.6) is 0 Å². The molecule has 2 aliphatic rings. The van der Waals surface area contributed by atoms with Crippen molar-refractivity contribution < 1.29 is 14.1 Å². The van der Waals surface area contributed by atoms with Gasteiger partial charge in [-0.2, -0.15) is 4.98 Å². The number of carbonyl (C=O) groups is 1. The Bertz CT molecular complexity index is 707. The molecule has 2 aliphatic heterocycles. The summed E-state index contributed by atoms with van der Waals surface area (Å²) in [7, 11) is 0. The van der Waals surface area contributed by atoms with Crippen molar-refractivity contribution in [3.63, 3.8) is 0 Å². The van der Waals surface area contributed by atoms with Crippen LogP contribution in [0.3, 0.4) is 0 Å². The standard InChI is InChI=1S/C18H21N3O3/c22-17-6-7-18(8-9-23-13-18)12-21(17)11-15-19-16(24-20-15)10-14-4-2-1-3-5-14/h1-5H,6-13H2/t18-/m0/s1. The van der Waals surface area contributed by atoms with Crippen molar-refractivity contribution in [3.05, 3.63) is 47.6 Å². The zero-order chi connectivity index (χ0) is 16.4. The van der Waals surface area contributed by atoms with Gasteiger partial charge in [0.05, 0.1) is 19.6 Å². The molecule has 1 atom stereocenters. The number of nitrogens with zero attached hydrogens (tertiary/aromatic N) is 3. The molecular weight excluding hydrogens is 306 g/mol. The van der Waals surface area contributed by atoms with Gasteiger partial charge in [-0.05, 0) is 18.4 Å². The molecule has 126 valence electrons. The summed E-state index contributed by atoms with van der Waals surface area (Å²) in [6.45, 7) is 2.70. The van der Waals surface area contributed by atoms with Gasteiger partial charge >= 0.3 is 0 Å². The van der Waals surface area contributed by atoms with E-state index in [1.165, 1.54) is 0 Å². The van der Waals surface area contributed by atoms with Crippen molar-refractivity contribution in [1.82, 2.24) is 15.0 Å². The van der Waals surface area contributed by atoms with E-state index in [1.54, 1.807) is 0 Å². The Labute approximate surface area is 140 Å². The summed E-state index contributed by atoms with van der Waals surface area (Å²) in [6.07, 6.45) is 3.15. The van der Waals surface area contributed by atoms with Crippen molar-refractivity contribution in [2.24, 2.45) is 5.41 Å². The molecule has 0 unspecified atom stereocenters. The van der Waals surface area contributed by atoms with Gasteiger partial charge in [-0.1, -0.05) is 35.5 Å². The molecule has 2 aromatic rings. The molecule has 0 radical (unpaired) electrons. The molecule has 0 N–H and O–H groups in total. The third-order valence-electron chi connectivity index (χ3n) is 4.97. The number of aromatic nitrogens is 2. The lowest BCUT2D eigenvalue weighted by molar-refractivity contribution is -0.138. The van der Waals surface area contributed by atoms with Crippen LogP contribution in [0.2, 0.25) is 0 Å². The molecule has 1 spiro atoms. The second-order valence-electron chi connectivity index (χ2n) is 6.82. The van der Waals surface area contributed by atoms with Gasteiger partial charge in [0.1, 0.15) is 0 Å². The maximum Gasteiger partial charge on any atom is 0.231 e. The molecule has 0 bridgehead atoms. The number of ether oxygens (including phenoxy) is 1. The van der Waals surface area contributed by atoms with Crippen molar-refractivity contribution in [1.29, 1.82) is 0 Å². The van der Waals surface area contributed by atoms with Crippen LogP contribution in [0.15, 0.2) is 34.9 Å². The predicted octanol–water partition coefficient (Wildman–Crippen LogP) is 2.19. The summed E-state index contributed by atoms with van der Waals surface area (Å²) in [4.78, 5) is 18.5. The third-order valence-corrected chi connectivity index (χ3v) is 4.97. The average Bonchev–Trinajstić information content (AvgIpc) is 3.22. The van der Waals surface area contributed by atoms with Gasteiger partial charge in [0, 0.05) is 25.0 Å². The molecule has 1 aromatic heterocycles. The Morgan fingerprint density at radius 2 is 2.08 bits per heavy atom. The first-order valence-corrected chi connectivity index (χ1v) is 8.43. The van der Waals surface area contributed by atoms with Crippen LogP contribution in [0.1, 0.15) is 36.5 Å². The minimum Gasteiger partial charge on any atom is -0.381 e. The molecule has 3 heterocycles. The quantitative estimate of drug-likeness (QED) is 0.861. The fourth-order valence-electron chi connectivity index (χ4n) is 3.59. The van der Waals surface area contributed by atoms with Crippen molar-refractivity contribution >= 4 is 5.91 Å². The first-order chi connectivity index (χ1) is 11.7. The molecule has 6 heteroatoms. The van der Waals surface area contributed by atoms with Crippen LogP contribution in [0, 0.1) is 5.41 Å². The zero-order valence-electron chi connectivity index (χ0n) is 13.6. The van der Waals surface area contributed by atoms with E-state index in [-0.39, 0.29) is 11.3 Å². The molecule has 2 saturated heterocycles. The van der Waals surface area contributed by atoms with Crippen molar-refractivity contribution in [3.8, 4) is 0 Å². The van der Waals surface area contributed by atoms with Crippen LogP contribution >= 0.6 is 0 Å². The number of benzene rings is 1. The maximum atomic E-state index is 12.2. The van der Waals surface area contributed by atoms with Crippen molar-refractivity contribution in [2.45, 2.75) is 32.2 Å². The van der Waals surface area contributed by atoms with E-state index >= 15 is 0 Å². The molecular formula is C18H21N3O3. The fraction of sp³-hybridized carbons (Fsp3) is 0.500. The van der Waals surface area contributed by atoms with Crippen molar-refractivity contribution in [2.75, 3.05) is 19.8 Å². The summed E-state index contributed by atoms with van der Waals surface area (Å²) in [6, 6.07) is 10.0. The molecule has 1 amide bonds. The molecule has 6 nitrogen and oxygen atoms in total. The monoisotopic (exact) mass is 327 g/mol. The Kier molecular flexibility index (Phi) is 4.06. The Morgan fingerprint density at radius 3 is 2.88 bits per heavy atom. The third kappa shape index (κ3) is 3.19. The van der Waals surface area contributed by atoms with Crippen LogP contribution in [0.4, 0.5) is 0 Å². The highest BCUT2D eigenvalue weighted by molar-refractivity contribution is 5.77. The number of amides is 1. The largest absolute Gasteiger partial charge is 0.381 e. The van der Waals surface area contributed by atoms with Crippen LogP contribution in [0.25, 0.3) is 0 Å². The van der Waals surface area contributed by atoms with Gasteiger partial charge in [0.15, 0.2) is 5.82 Å². The minimum atomic E-state index is 0.129. The summed E-state index contributed by atoms with van der Waals surface area (Å²) in [5.41, 5.74) is 1.26. The summed E-state index contributed by atoms with van der Waals surface area (Å²) < 4.78 is 10.9. The highest BCUT2D eigenvalue weighted by Crippen LogP contribution is 2.38. The lowest BCUT2D eigenvalue weighted by Gasteiger charge is -2.38. The van der Waals surface area contributed by atoms with Gasteiger partial charge < -0.3 is 14.2 Å². The van der Waals surface area contributed by atoms with Gasteiger partial charge in [-0.25, -0.2) is 0 Å². The summed E-state index contributed by atoms with van der Waals surface area (Å²) in [5.74, 6) is 1.33. The molecule has 24 heavy (non-hydrogen) atoms. The highest BCUT2D eigenvalue weighted by atomic mass is 16.5. The van der Waals surface area contributed by atoms with E-state index in [0.717, 1.165) is 38.2 Å². The Balaban J connectivity index is 1.42. The summed E-state index contributed by atoms with van der Waals surface area (Å²) in [5, 5.41) is 4.04. The second kappa shape index (κ2) is 6.36. The minimum absolute atomic E-state index is 0.129. The smallest absolute Gasteiger partial charge is 0.231 e. The number of rotatable bonds is 4. The topological polar surface area (TPSA) is 68.5 Å². The van der Waals surface area contributed by atoms with Gasteiger partial charge in [0.25, 0.3) is 0 Å². The first-order valence-electron chi connectivity index (χ1n) is 8.43. The number of piperidine rings is 1. The lowest BCUT2D eigenvalue weighted by atomic mass is 9.79. The average molecular weight is 327 g/mol. The first kappa shape index (κ1) is 15.3. The number of hydrogen-bond acceptors (Lipinski definition) is 5. The molecule has 0 saturated carbocycles. The van der Waals surface area contributed by atoms with Crippen LogP contribution in [-0.2, 0) is 22.5 Å². The van der Waals surface area contributed by atoms with E-state index in [4.69, 9.17) is 9.26 Å². The zero-order valence-corrected chi connectivity index (χ0v) is 13.6. The van der Waals surface area contributed by atoms with Gasteiger partial charge in [-0.3, -0.25) is 4.79 Å². The number of likely N-dealkylation sites (tertiary alicyclic amines) is 1. The molecule has 2 fully saturated rings. The van der Waals surface area contributed by atoms with Crippen LogP contribution < -0.4 is 0 Å². The molecule has 0 aliphatic carbocycles. The summed E-state index contributed by atoms with van der Waals surface area (Å²) >= 11 is 0. The lowest BCUT2D eigenvalue weighted by Crippen LogP contribution is -2.46. The second-order valence-corrected chi connectivity index (χ2v) is 6.82. The van der Waals surface area contributed by atoms with E-state index in [1.807, 2.05) is 35.2 Å². The normalized spacial score (nSPS) is 24.0. The van der Waals surface area contributed by atoms with Gasteiger partial charge in [-0.15, -0.1) is 0 Å². The van der Waals surface area contributed by atoms with Crippen LogP contribution in [-0.4, -0.2) is 40.7 Å². The molecule has 4 rings (SSSR count). The number of carbonyl (C=O) groups excluding carboxylic acids is 1. The number of hydrogen-bond donors (Lipinski definition) is 0. The molecule has 1 aromatic carbocycles. The van der Waals surface area contributed by atoms with E-state index in [9.17, 15) is 4.79 Å².